The summed E-state index contributed by atoms with van der Waals surface area (Å²) in [7, 11) is 1.26. The van der Waals surface area contributed by atoms with Gasteiger partial charge in [-0.15, -0.1) is 0 Å². The van der Waals surface area contributed by atoms with Gasteiger partial charge in [-0.1, -0.05) is 0 Å². The van der Waals surface area contributed by atoms with Crippen LogP contribution in [0, 0.1) is 0 Å². The van der Waals surface area contributed by atoms with Crippen LogP contribution in [0.2, 0.25) is 0 Å². The van der Waals surface area contributed by atoms with Gasteiger partial charge in [0, 0.05) is 10.8 Å². The molecule has 0 heterocycles. The third-order valence-corrected chi connectivity index (χ3v) is 0.0816. The normalized spacial score (nSPS) is 5.25. The Hall–Kier alpha value is -0.600. The van der Waals surface area contributed by atoms with Gasteiger partial charge in [0.15, 0.2) is 0 Å². The van der Waals surface area contributed by atoms with E-state index >= 15 is 0 Å². The molecule has 1 radical (unpaired) electrons. The molecule has 0 aromatic rings. The molecule has 0 rings (SSSR count). The molecule has 0 aliphatic carbocycles. The predicted molar refractivity (Wildman–Crippen MR) is 11.6 cm³/mol. The van der Waals surface area contributed by atoms with Crippen molar-refractivity contribution in [2.75, 3.05) is 7.11 Å². The standard InChI is InChI=1S/CH3N2O/c1-4-3-2/h1H3. The molecule has 0 saturated heterocycles. The first-order valence-corrected chi connectivity index (χ1v) is 0.791. The van der Waals surface area contributed by atoms with Gasteiger partial charge in [0.05, 0.1) is 0 Å². The molecule has 3 heteroatoms. The van der Waals surface area contributed by atoms with Crippen LogP contribution in [0.1, 0.15) is 0 Å². The lowest BCUT2D eigenvalue weighted by molar-refractivity contribution is 0.190. The highest BCUT2D eigenvalue weighted by Gasteiger charge is 1.40. The largest absolute Gasteiger partial charge is 0.381 e. The maximum atomic E-state index is 7.28. The van der Waals surface area contributed by atoms with Crippen molar-refractivity contribution in [2.24, 2.45) is 5.28 Å². The molecule has 3 nitrogen and oxygen atoms in total. The van der Waals surface area contributed by atoms with Crippen LogP contribution in [-0.2, 0) is 4.84 Å². The fourth-order valence-electron chi connectivity index (χ4n) is 0. The summed E-state index contributed by atoms with van der Waals surface area (Å²) in [5, 5.41) is 2.24. The summed E-state index contributed by atoms with van der Waals surface area (Å²) in [5.41, 5.74) is 7.28. The average Bonchev–Trinajstić information content (AvgIpc) is 1.37. The van der Waals surface area contributed by atoms with Crippen LogP contribution in [-0.4, -0.2) is 7.11 Å². The lowest BCUT2D eigenvalue weighted by Gasteiger charge is -1.66. The zero-order valence-corrected chi connectivity index (χ0v) is 2.30. The van der Waals surface area contributed by atoms with Gasteiger partial charge >= 0.3 is 0 Å². The Balaban J connectivity index is 2.30. The molecule has 0 aliphatic rings. The molecule has 4 heavy (non-hydrogen) atoms. The Kier molecular flexibility index (Phi) is 2.04. The molecule has 0 aliphatic heterocycles. The predicted octanol–water partition coefficient (Wildman–Crippen LogP) is -0.200. The Morgan fingerprint density at radius 2 is 2.25 bits per heavy atom. The molecular formula is CH3N2O. The van der Waals surface area contributed by atoms with Crippen molar-refractivity contribution in [1.82, 2.24) is 5.53 Å². The van der Waals surface area contributed by atoms with E-state index in [4.69, 9.17) is 5.53 Å². The minimum atomic E-state index is 1.26. The fraction of sp³-hybridized carbons (Fsp3) is 1.00. The highest BCUT2D eigenvalue weighted by atomic mass is 16.6. The summed E-state index contributed by atoms with van der Waals surface area (Å²) in [6.45, 7) is 0. The summed E-state index contributed by atoms with van der Waals surface area (Å²) in [6.07, 6.45) is 0. The molecular weight excluding hydrogens is 56.0 g/mol. The topological polar surface area (TPSA) is 43.9 Å². The Morgan fingerprint density at radius 1 is 2.00 bits per heavy atom. The quantitative estimate of drug-likeness (QED) is 0.304. The highest BCUT2D eigenvalue weighted by Crippen LogP contribution is 1.48. The van der Waals surface area contributed by atoms with Gasteiger partial charge in [0.25, 0.3) is 0 Å². The molecule has 0 unspecified atom stereocenters. The minimum Gasteiger partial charge on any atom is -0.381 e. The maximum absolute atomic E-state index is 7.28. The second-order valence-electron chi connectivity index (χ2n) is 0.264. The monoisotopic (exact) mass is 59.0 g/mol. The van der Waals surface area contributed by atoms with Crippen LogP contribution >= 0.6 is 0 Å². The fourth-order valence-corrected chi connectivity index (χ4v) is 0. The summed E-state index contributed by atoms with van der Waals surface area (Å²) in [4.78, 5) is 3.72. The zero-order chi connectivity index (χ0) is 3.41. The van der Waals surface area contributed by atoms with Crippen molar-refractivity contribution in [2.45, 2.75) is 0 Å². The zero-order valence-electron chi connectivity index (χ0n) is 2.30. The molecule has 0 bridgehead atoms. The summed E-state index contributed by atoms with van der Waals surface area (Å²) in [5.74, 6) is 0. The van der Waals surface area contributed by atoms with Crippen molar-refractivity contribution in [1.29, 1.82) is 0 Å². The lowest BCUT2D eigenvalue weighted by atomic mass is 11.7. The molecule has 0 saturated carbocycles. The van der Waals surface area contributed by atoms with Gasteiger partial charge in [-0.25, -0.2) is 0 Å². The molecule has 0 aromatic carbocycles. The smallest absolute Gasteiger partial charge is 0.108 e. The first-order valence-electron chi connectivity index (χ1n) is 0.791. The molecule has 23 valence electrons. The van der Waals surface area contributed by atoms with Crippen LogP contribution in [0.5, 0.6) is 0 Å². The van der Waals surface area contributed by atoms with Gasteiger partial charge < -0.3 is 4.84 Å². The number of hydrogen-bond acceptors (Lipinski definition) is 2. The first-order chi connectivity index (χ1) is 1.91. The van der Waals surface area contributed by atoms with Crippen molar-refractivity contribution in [3.8, 4) is 0 Å². The molecule has 0 fully saturated rings. The van der Waals surface area contributed by atoms with E-state index in [1.54, 1.807) is 0 Å². The van der Waals surface area contributed by atoms with E-state index in [0.717, 1.165) is 0 Å². The van der Waals surface area contributed by atoms with Crippen molar-refractivity contribution in [3.05, 3.63) is 0 Å². The van der Waals surface area contributed by atoms with Gasteiger partial charge in [-0.3, -0.25) is 0 Å². The van der Waals surface area contributed by atoms with E-state index < -0.39 is 0 Å². The SMILES string of the molecule is CON=[N]. The van der Waals surface area contributed by atoms with Gasteiger partial charge in [-0.2, -0.15) is 0 Å². The Bertz CT molecular complexity index is 20.0. The summed E-state index contributed by atoms with van der Waals surface area (Å²) >= 11 is 0. The second kappa shape index (κ2) is 2.40. The maximum Gasteiger partial charge on any atom is 0.108 e. The molecule has 0 amide bonds. The van der Waals surface area contributed by atoms with E-state index in [-0.39, 0.29) is 0 Å². The second-order valence-corrected chi connectivity index (χ2v) is 0.264. The van der Waals surface area contributed by atoms with Crippen LogP contribution in [0.25, 0.3) is 0 Å². The van der Waals surface area contributed by atoms with Crippen LogP contribution in [0.4, 0.5) is 0 Å². The van der Waals surface area contributed by atoms with Crippen LogP contribution in [0.3, 0.4) is 0 Å². The first kappa shape index (κ1) is 3.40. The third-order valence-electron chi connectivity index (χ3n) is 0.0816. The van der Waals surface area contributed by atoms with E-state index in [0.29, 0.717) is 0 Å². The van der Waals surface area contributed by atoms with Crippen LogP contribution in [0.15, 0.2) is 5.28 Å². The highest BCUT2D eigenvalue weighted by molar-refractivity contribution is 3.57. The Labute approximate surface area is 24.0 Å². The van der Waals surface area contributed by atoms with E-state index in [2.05, 4.69) is 10.1 Å². The summed E-state index contributed by atoms with van der Waals surface area (Å²) < 4.78 is 0. The molecule has 0 N–H and O–H groups in total. The van der Waals surface area contributed by atoms with Crippen molar-refractivity contribution >= 4 is 0 Å². The third kappa shape index (κ3) is 1.40. The average molecular weight is 59.0 g/mol. The lowest BCUT2D eigenvalue weighted by Crippen LogP contribution is -1.57. The van der Waals surface area contributed by atoms with Crippen molar-refractivity contribution in [3.63, 3.8) is 0 Å². The van der Waals surface area contributed by atoms with Gasteiger partial charge in [0.1, 0.15) is 7.11 Å². The number of rotatable bonds is 1. The van der Waals surface area contributed by atoms with Crippen LogP contribution < -0.4 is 5.53 Å². The van der Waals surface area contributed by atoms with E-state index in [1.807, 2.05) is 0 Å². The van der Waals surface area contributed by atoms with Crippen molar-refractivity contribution < 1.29 is 4.84 Å². The summed E-state index contributed by atoms with van der Waals surface area (Å²) in [6, 6.07) is 0. The molecule has 0 atom stereocenters. The van der Waals surface area contributed by atoms with Gasteiger partial charge in [-0.05, 0) is 0 Å². The van der Waals surface area contributed by atoms with Gasteiger partial charge in [0.2, 0.25) is 0 Å². The molecule has 0 aromatic heterocycles. The number of hydrogen-bond donors (Lipinski definition) is 0. The van der Waals surface area contributed by atoms with E-state index in [1.165, 1.54) is 7.11 Å². The Morgan fingerprint density at radius 3 is 2.25 bits per heavy atom. The number of nitrogens with zero attached hydrogens (tertiary/aromatic N) is 2. The minimum absolute atomic E-state index is 1.26. The molecule has 0 spiro atoms. The van der Waals surface area contributed by atoms with E-state index in [9.17, 15) is 0 Å².